The number of ether oxygens (including phenoxy) is 2. The van der Waals surface area contributed by atoms with E-state index >= 15 is 0 Å². The van der Waals surface area contributed by atoms with Gasteiger partial charge < -0.3 is 25.0 Å². The number of rotatable bonds is 8. The molecule has 2 aliphatic rings. The Labute approximate surface area is 168 Å². The molecule has 0 saturated carbocycles. The zero-order valence-electron chi connectivity index (χ0n) is 16.4. The molecule has 3 N–H and O–H groups in total. The van der Waals surface area contributed by atoms with Crippen LogP contribution in [-0.4, -0.2) is 75.2 Å². The summed E-state index contributed by atoms with van der Waals surface area (Å²) in [7, 11) is 3.23. The highest BCUT2D eigenvalue weighted by atomic mass is 19.1. The van der Waals surface area contributed by atoms with Crippen molar-refractivity contribution in [3.05, 3.63) is 47.5 Å². The number of likely N-dealkylation sites (N-methyl/N-ethyl adjacent to an activating group) is 1. The molecular weight excluding hydrogens is 381 g/mol. The molecule has 1 fully saturated rings. The number of carbonyl (C=O) groups excluding carboxylic acids is 2. The van der Waals surface area contributed by atoms with Gasteiger partial charge in [0.05, 0.1) is 18.9 Å². The summed E-state index contributed by atoms with van der Waals surface area (Å²) in [6.07, 6.45) is 1.09. The van der Waals surface area contributed by atoms with Gasteiger partial charge in [0.25, 0.3) is 0 Å². The van der Waals surface area contributed by atoms with Crippen molar-refractivity contribution in [1.82, 2.24) is 25.8 Å². The minimum atomic E-state index is -0.593. The smallest absolute Gasteiger partial charge is 0.324 e. The molecule has 1 aromatic carbocycles. The van der Waals surface area contributed by atoms with Gasteiger partial charge in [0.2, 0.25) is 6.41 Å². The van der Waals surface area contributed by atoms with Crippen molar-refractivity contribution in [1.29, 1.82) is 0 Å². The average Bonchev–Trinajstić information content (AvgIpc) is 2.68. The van der Waals surface area contributed by atoms with E-state index in [1.54, 1.807) is 37.4 Å². The van der Waals surface area contributed by atoms with Gasteiger partial charge in [-0.2, -0.15) is 0 Å². The molecule has 3 rings (SSSR count). The van der Waals surface area contributed by atoms with Gasteiger partial charge in [-0.1, -0.05) is 12.1 Å². The molecule has 2 heterocycles. The minimum Gasteiger partial charge on any atom is -0.382 e. The minimum absolute atomic E-state index is 0.185. The molecule has 2 unspecified atom stereocenters. The maximum Gasteiger partial charge on any atom is 0.324 e. The second-order valence-electron chi connectivity index (χ2n) is 6.86. The molecule has 9 nitrogen and oxygen atoms in total. The molecule has 2 atom stereocenters. The van der Waals surface area contributed by atoms with E-state index in [2.05, 4.69) is 16.0 Å². The molecule has 1 saturated heterocycles. The first-order chi connectivity index (χ1) is 14.0. The molecule has 2 aliphatic heterocycles. The van der Waals surface area contributed by atoms with Crippen LogP contribution in [0.15, 0.2) is 36.2 Å². The Morgan fingerprint density at radius 1 is 1.34 bits per heavy atom. The lowest BCUT2D eigenvalue weighted by Crippen LogP contribution is -2.61. The van der Waals surface area contributed by atoms with Crippen LogP contribution < -0.4 is 16.0 Å². The number of nitrogens with zero attached hydrogens (tertiary/aromatic N) is 2. The van der Waals surface area contributed by atoms with Crippen molar-refractivity contribution in [2.75, 3.05) is 40.5 Å². The third-order valence-electron chi connectivity index (χ3n) is 4.97. The van der Waals surface area contributed by atoms with Gasteiger partial charge in [0, 0.05) is 39.4 Å². The zero-order chi connectivity index (χ0) is 20.8. The van der Waals surface area contributed by atoms with E-state index in [9.17, 15) is 14.0 Å². The lowest BCUT2D eigenvalue weighted by atomic mass is 9.92. The van der Waals surface area contributed by atoms with Crippen LogP contribution in [0.1, 0.15) is 11.5 Å². The Hall–Kier alpha value is -2.69. The number of hydrogen-bond acceptors (Lipinski definition) is 6. The Morgan fingerprint density at radius 2 is 2.07 bits per heavy atom. The van der Waals surface area contributed by atoms with E-state index in [-0.39, 0.29) is 17.8 Å². The molecule has 0 bridgehead atoms. The highest BCUT2D eigenvalue weighted by molar-refractivity contribution is 5.77. The van der Waals surface area contributed by atoms with Gasteiger partial charge in [-0.25, -0.2) is 14.5 Å². The average molecular weight is 407 g/mol. The molecule has 3 amide bonds. The summed E-state index contributed by atoms with van der Waals surface area (Å²) in [6, 6.07) is 6.16. The summed E-state index contributed by atoms with van der Waals surface area (Å²) < 4.78 is 23.6. The normalized spacial score (nSPS) is 21.6. The first-order valence-corrected chi connectivity index (χ1v) is 9.34. The van der Waals surface area contributed by atoms with E-state index in [0.29, 0.717) is 38.4 Å². The second-order valence-corrected chi connectivity index (χ2v) is 6.86. The van der Waals surface area contributed by atoms with Crippen molar-refractivity contribution in [3.63, 3.8) is 0 Å². The van der Waals surface area contributed by atoms with Crippen molar-refractivity contribution in [3.8, 4) is 0 Å². The fourth-order valence-corrected chi connectivity index (χ4v) is 3.27. The van der Waals surface area contributed by atoms with Crippen LogP contribution in [0.4, 0.5) is 9.18 Å². The summed E-state index contributed by atoms with van der Waals surface area (Å²) in [4.78, 5) is 27.0. The van der Waals surface area contributed by atoms with E-state index < -0.39 is 12.5 Å². The predicted molar refractivity (Wildman–Crippen MR) is 103 cm³/mol. The predicted octanol–water partition coefficient (Wildman–Crippen LogP) is 0.330. The second kappa shape index (κ2) is 9.68. The van der Waals surface area contributed by atoms with E-state index in [4.69, 9.17) is 9.47 Å². The standard InChI is InChI=1S/C19H26FN5O4/c1-24(16-9-21-18(29-8-7-28-2)23-17(16)22-12-26)19(27)25-10-14(11-25)13-3-5-15(20)6-4-13/h3-6,9,12,14,17-18,21,23H,7-8,10-11H2,1-2H3,(H,22,26). The molecule has 29 heavy (non-hydrogen) atoms. The fraction of sp³-hybridized carbons (Fsp3) is 0.474. The van der Waals surface area contributed by atoms with Crippen molar-refractivity contribution in [2.45, 2.75) is 18.4 Å². The quantitative estimate of drug-likeness (QED) is 0.425. The van der Waals surface area contributed by atoms with E-state index in [0.717, 1.165) is 5.56 Å². The first-order valence-electron chi connectivity index (χ1n) is 9.34. The molecule has 10 heteroatoms. The number of hydrogen-bond donors (Lipinski definition) is 3. The molecular formula is C19H26FN5O4. The first kappa shape index (κ1) is 21.0. The summed E-state index contributed by atoms with van der Waals surface area (Å²) in [5.41, 5.74) is 1.56. The Balaban J connectivity index is 1.57. The van der Waals surface area contributed by atoms with Gasteiger partial charge in [-0.15, -0.1) is 0 Å². The summed E-state index contributed by atoms with van der Waals surface area (Å²) >= 11 is 0. The Morgan fingerprint density at radius 3 is 2.72 bits per heavy atom. The molecule has 1 aromatic rings. The largest absolute Gasteiger partial charge is 0.382 e. The maximum atomic E-state index is 13.1. The van der Waals surface area contributed by atoms with E-state index in [1.807, 2.05) is 0 Å². The van der Waals surface area contributed by atoms with Gasteiger partial charge >= 0.3 is 6.03 Å². The molecule has 0 aromatic heterocycles. The van der Waals surface area contributed by atoms with E-state index in [1.165, 1.54) is 17.0 Å². The number of likely N-dealkylation sites (tertiary alicyclic amines) is 1. The monoisotopic (exact) mass is 407 g/mol. The third kappa shape index (κ3) is 5.03. The lowest BCUT2D eigenvalue weighted by molar-refractivity contribution is -0.110. The number of halogens is 1. The Kier molecular flexibility index (Phi) is 7.02. The molecule has 0 spiro atoms. The maximum absolute atomic E-state index is 13.1. The van der Waals surface area contributed by atoms with Crippen LogP contribution in [0.25, 0.3) is 0 Å². The van der Waals surface area contributed by atoms with Gasteiger partial charge in [-0.3, -0.25) is 9.69 Å². The third-order valence-corrected chi connectivity index (χ3v) is 4.97. The number of amides is 3. The topological polar surface area (TPSA) is 95.2 Å². The van der Waals surface area contributed by atoms with Gasteiger partial charge in [0.1, 0.15) is 12.0 Å². The van der Waals surface area contributed by atoms with Crippen molar-refractivity contribution < 1.29 is 23.5 Å². The zero-order valence-corrected chi connectivity index (χ0v) is 16.4. The van der Waals surface area contributed by atoms with Crippen LogP contribution >= 0.6 is 0 Å². The van der Waals surface area contributed by atoms with Crippen LogP contribution in [0.2, 0.25) is 0 Å². The van der Waals surface area contributed by atoms with Crippen LogP contribution in [-0.2, 0) is 14.3 Å². The lowest BCUT2D eigenvalue weighted by Gasteiger charge is -2.43. The number of nitrogens with one attached hydrogen (secondary N) is 3. The van der Waals surface area contributed by atoms with Crippen molar-refractivity contribution >= 4 is 12.4 Å². The number of carbonyl (C=O) groups is 2. The highest BCUT2D eigenvalue weighted by Crippen LogP contribution is 2.28. The van der Waals surface area contributed by atoms with Crippen LogP contribution in [0.5, 0.6) is 0 Å². The molecule has 0 radical (unpaired) electrons. The fourth-order valence-electron chi connectivity index (χ4n) is 3.27. The number of methoxy groups -OCH3 is 1. The van der Waals surface area contributed by atoms with Crippen LogP contribution in [0, 0.1) is 5.82 Å². The summed E-state index contributed by atoms with van der Waals surface area (Å²) in [5.74, 6) is -0.0878. The molecule has 0 aliphatic carbocycles. The summed E-state index contributed by atoms with van der Waals surface area (Å²) in [5, 5.41) is 8.73. The number of urea groups is 1. The van der Waals surface area contributed by atoms with Gasteiger partial charge in [0.15, 0.2) is 6.35 Å². The summed E-state index contributed by atoms with van der Waals surface area (Å²) in [6.45, 7) is 1.91. The SMILES string of the molecule is COCCOC1NC=C(N(C)C(=O)N2CC(c3ccc(F)cc3)C2)C(NC=O)N1. The highest BCUT2D eigenvalue weighted by Gasteiger charge is 2.36. The molecule has 158 valence electrons. The Bertz CT molecular complexity index is 739. The van der Waals surface area contributed by atoms with Crippen LogP contribution in [0.3, 0.4) is 0 Å². The van der Waals surface area contributed by atoms with Crippen molar-refractivity contribution in [2.24, 2.45) is 0 Å². The van der Waals surface area contributed by atoms with Gasteiger partial charge in [-0.05, 0) is 17.7 Å². The number of benzene rings is 1.